The standard InChI is InChI=1S/C12H24N2O2S2/c1-18(15,16)14-12-6-2-4-10(12)8-13-11-5-3-7-17-9-11/h10-14H,2-9H2,1H3. The molecule has 2 aliphatic rings. The highest BCUT2D eigenvalue weighted by atomic mass is 32.2. The molecule has 0 bridgehead atoms. The van der Waals surface area contributed by atoms with Gasteiger partial charge in [0.25, 0.3) is 0 Å². The van der Waals surface area contributed by atoms with Gasteiger partial charge in [0, 0.05) is 17.8 Å². The first-order valence-corrected chi connectivity index (χ1v) is 9.87. The highest BCUT2D eigenvalue weighted by Gasteiger charge is 2.29. The molecule has 0 aromatic rings. The molecule has 1 aliphatic carbocycles. The van der Waals surface area contributed by atoms with E-state index in [1.807, 2.05) is 11.8 Å². The molecule has 3 atom stereocenters. The highest BCUT2D eigenvalue weighted by molar-refractivity contribution is 7.99. The van der Waals surface area contributed by atoms with Crippen LogP contribution in [0.2, 0.25) is 0 Å². The van der Waals surface area contributed by atoms with E-state index in [0.29, 0.717) is 12.0 Å². The lowest BCUT2D eigenvalue weighted by Gasteiger charge is -2.26. The molecular weight excluding hydrogens is 268 g/mol. The van der Waals surface area contributed by atoms with Gasteiger partial charge in [-0.15, -0.1) is 0 Å². The molecule has 2 fully saturated rings. The van der Waals surface area contributed by atoms with Gasteiger partial charge in [0.15, 0.2) is 0 Å². The van der Waals surface area contributed by atoms with Crippen LogP contribution in [-0.4, -0.2) is 44.8 Å². The van der Waals surface area contributed by atoms with E-state index in [0.717, 1.165) is 25.8 Å². The number of hydrogen-bond donors (Lipinski definition) is 2. The van der Waals surface area contributed by atoms with Crippen molar-refractivity contribution in [2.24, 2.45) is 5.92 Å². The quantitative estimate of drug-likeness (QED) is 0.799. The summed E-state index contributed by atoms with van der Waals surface area (Å²) in [5, 5.41) is 3.62. The largest absolute Gasteiger partial charge is 0.313 e. The zero-order chi connectivity index (χ0) is 13.0. The van der Waals surface area contributed by atoms with Gasteiger partial charge in [0.1, 0.15) is 0 Å². The Morgan fingerprint density at radius 2 is 2.06 bits per heavy atom. The van der Waals surface area contributed by atoms with E-state index in [1.165, 1.54) is 30.6 Å². The second-order valence-corrected chi connectivity index (χ2v) is 8.44. The second kappa shape index (κ2) is 6.59. The van der Waals surface area contributed by atoms with Crippen molar-refractivity contribution < 1.29 is 8.42 Å². The summed E-state index contributed by atoms with van der Waals surface area (Å²) in [6, 6.07) is 0.770. The van der Waals surface area contributed by atoms with Crippen LogP contribution in [0.3, 0.4) is 0 Å². The van der Waals surface area contributed by atoms with E-state index in [1.54, 1.807) is 0 Å². The van der Waals surface area contributed by atoms with Crippen molar-refractivity contribution >= 4 is 21.8 Å². The van der Waals surface area contributed by atoms with Gasteiger partial charge in [-0.2, -0.15) is 11.8 Å². The summed E-state index contributed by atoms with van der Waals surface area (Å²) in [5.74, 6) is 2.96. The normalized spacial score (nSPS) is 33.7. The minimum absolute atomic E-state index is 0.142. The summed E-state index contributed by atoms with van der Waals surface area (Å²) >= 11 is 2.02. The molecule has 0 radical (unpaired) electrons. The first-order chi connectivity index (χ1) is 8.54. The van der Waals surface area contributed by atoms with Crippen molar-refractivity contribution in [2.75, 3.05) is 24.3 Å². The third kappa shape index (κ3) is 4.72. The SMILES string of the molecule is CS(=O)(=O)NC1CCCC1CNC1CCCSC1. The molecular formula is C12H24N2O2S2. The Hall–Kier alpha value is 0.220. The van der Waals surface area contributed by atoms with Crippen molar-refractivity contribution in [3.63, 3.8) is 0 Å². The highest BCUT2D eigenvalue weighted by Crippen LogP contribution is 2.26. The third-order valence-electron chi connectivity index (χ3n) is 3.85. The monoisotopic (exact) mass is 292 g/mol. The van der Waals surface area contributed by atoms with Crippen molar-refractivity contribution in [2.45, 2.75) is 44.2 Å². The first kappa shape index (κ1) is 14.6. The number of nitrogens with one attached hydrogen (secondary N) is 2. The van der Waals surface area contributed by atoms with E-state index in [-0.39, 0.29) is 6.04 Å². The Morgan fingerprint density at radius 1 is 1.22 bits per heavy atom. The number of hydrogen-bond acceptors (Lipinski definition) is 4. The molecule has 1 heterocycles. The maximum absolute atomic E-state index is 11.3. The second-order valence-electron chi connectivity index (χ2n) is 5.51. The van der Waals surface area contributed by atoms with Crippen LogP contribution in [0.4, 0.5) is 0 Å². The Morgan fingerprint density at radius 3 is 2.72 bits per heavy atom. The van der Waals surface area contributed by atoms with E-state index < -0.39 is 10.0 Å². The average Bonchev–Trinajstić information content (AvgIpc) is 2.73. The van der Waals surface area contributed by atoms with Gasteiger partial charge in [-0.05, 0) is 43.9 Å². The molecule has 0 spiro atoms. The van der Waals surface area contributed by atoms with Crippen molar-refractivity contribution in [3.8, 4) is 0 Å². The lowest BCUT2D eigenvalue weighted by Crippen LogP contribution is -2.43. The summed E-state index contributed by atoms with van der Waals surface area (Å²) in [4.78, 5) is 0. The molecule has 1 aliphatic heterocycles. The van der Waals surface area contributed by atoms with Crippen molar-refractivity contribution in [1.82, 2.24) is 10.0 Å². The van der Waals surface area contributed by atoms with Gasteiger partial charge in [0.05, 0.1) is 6.26 Å². The smallest absolute Gasteiger partial charge is 0.208 e. The Balaban J connectivity index is 1.77. The molecule has 0 aromatic heterocycles. The molecule has 0 aromatic carbocycles. The van der Waals surface area contributed by atoms with Gasteiger partial charge in [0.2, 0.25) is 10.0 Å². The Bertz CT molecular complexity index is 353. The van der Waals surface area contributed by atoms with Crippen LogP contribution < -0.4 is 10.0 Å². The maximum atomic E-state index is 11.3. The molecule has 0 amide bonds. The van der Waals surface area contributed by atoms with E-state index in [9.17, 15) is 8.42 Å². The minimum atomic E-state index is -3.07. The zero-order valence-electron chi connectivity index (χ0n) is 11.0. The van der Waals surface area contributed by atoms with Crippen LogP contribution in [0.25, 0.3) is 0 Å². The molecule has 2 rings (SSSR count). The van der Waals surface area contributed by atoms with Crippen LogP contribution in [0, 0.1) is 5.92 Å². The predicted molar refractivity (Wildman–Crippen MR) is 77.5 cm³/mol. The van der Waals surface area contributed by atoms with Crippen molar-refractivity contribution in [1.29, 1.82) is 0 Å². The van der Waals surface area contributed by atoms with Gasteiger partial charge in [-0.1, -0.05) is 6.42 Å². The molecule has 1 saturated carbocycles. The van der Waals surface area contributed by atoms with Crippen LogP contribution in [-0.2, 0) is 10.0 Å². The average molecular weight is 292 g/mol. The molecule has 2 N–H and O–H groups in total. The Kier molecular flexibility index (Phi) is 5.35. The number of rotatable bonds is 5. The van der Waals surface area contributed by atoms with Crippen molar-refractivity contribution in [3.05, 3.63) is 0 Å². The fourth-order valence-corrected chi connectivity index (χ4v) is 4.90. The molecule has 3 unspecified atom stereocenters. The number of thioether (sulfide) groups is 1. The molecule has 4 nitrogen and oxygen atoms in total. The molecule has 106 valence electrons. The summed E-state index contributed by atoms with van der Waals surface area (Å²) in [7, 11) is -3.07. The van der Waals surface area contributed by atoms with E-state index in [2.05, 4.69) is 10.0 Å². The van der Waals surface area contributed by atoms with Crippen LogP contribution in [0.15, 0.2) is 0 Å². The summed E-state index contributed by atoms with van der Waals surface area (Å²) in [6.07, 6.45) is 7.09. The summed E-state index contributed by atoms with van der Waals surface area (Å²) in [5.41, 5.74) is 0. The first-order valence-electron chi connectivity index (χ1n) is 6.83. The third-order valence-corrected chi connectivity index (χ3v) is 5.80. The molecule has 18 heavy (non-hydrogen) atoms. The topological polar surface area (TPSA) is 58.2 Å². The van der Waals surface area contributed by atoms with Crippen LogP contribution in [0.1, 0.15) is 32.1 Å². The summed E-state index contributed by atoms with van der Waals surface area (Å²) < 4.78 is 25.4. The predicted octanol–water partition coefficient (Wildman–Crippen LogP) is 1.19. The van der Waals surface area contributed by atoms with Gasteiger partial charge < -0.3 is 5.32 Å². The van der Waals surface area contributed by atoms with Gasteiger partial charge >= 0.3 is 0 Å². The zero-order valence-corrected chi connectivity index (χ0v) is 12.7. The van der Waals surface area contributed by atoms with Crippen LogP contribution in [0.5, 0.6) is 0 Å². The van der Waals surface area contributed by atoms with Gasteiger partial charge in [-0.25, -0.2) is 13.1 Å². The fourth-order valence-electron chi connectivity index (χ4n) is 2.93. The minimum Gasteiger partial charge on any atom is -0.313 e. The fraction of sp³-hybridized carbons (Fsp3) is 1.00. The molecule has 6 heteroatoms. The Labute approximate surface area is 115 Å². The lowest BCUT2D eigenvalue weighted by atomic mass is 10.0. The number of sulfonamides is 1. The van der Waals surface area contributed by atoms with E-state index in [4.69, 9.17) is 0 Å². The summed E-state index contributed by atoms with van der Waals surface area (Å²) in [6.45, 7) is 0.957. The molecule has 1 saturated heterocycles. The maximum Gasteiger partial charge on any atom is 0.208 e. The lowest BCUT2D eigenvalue weighted by molar-refractivity contribution is 0.386. The van der Waals surface area contributed by atoms with Crippen LogP contribution >= 0.6 is 11.8 Å². The van der Waals surface area contributed by atoms with Gasteiger partial charge in [-0.3, -0.25) is 0 Å². The van der Waals surface area contributed by atoms with E-state index >= 15 is 0 Å².